The predicted octanol–water partition coefficient (Wildman–Crippen LogP) is 26.5. The summed E-state index contributed by atoms with van der Waals surface area (Å²) in [5.74, 6) is -1.99. The van der Waals surface area contributed by atoms with Gasteiger partial charge in [0.1, 0.15) is 13.2 Å². The molecular weight excluding hydrogens is 1200 g/mol. The number of allylic oxidation sites excluding steroid dienone is 18. The van der Waals surface area contributed by atoms with Gasteiger partial charge in [0.25, 0.3) is 6.29 Å². The van der Waals surface area contributed by atoms with Gasteiger partial charge in [0.2, 0.25) is 0 Å². The number of unbranched alkanes of at least 4 members (excludes halogenated alkanes) is 43. The topological polar surface area (TPSA) is 108 Å². The summed E-state index contributed by atoms with van der Waals surface area (Å²) in [5, 5.41) is 9.78. The lowest BCUT2D eigenvalue weighted by atomic mass is 10.0. The number of carbonyl (C=O) groups is 3. The zero-order chi connectivity index (χ0) is 70.4. The minimum atomic E-state index is -1.52. The number of hydrogen-bond donors (Lipinski definition) is 1. The Kier molecular flexibility index (Phi) is 74.4. The molecule has 0 aromatic carbocycles. The van der Waals surface area contributed by atoms with E-state index in [0.717, 1.165) is 103 Å². The third-order valence-corrected chi connectivity index (χ3v) is 18.0. The summed E-state index contributed by atoms with van der Waals surface area (Å²) >= 11 is 0. The molecule has 0 aromatic rings. The highest BCUT2D eigenvalue weighted by Gasteiger charge is 2.25. The second kappa shape index (κ2) is 77.7. The molecule has 0 rings (SSSR count). The molecule has 0 aliphatic rings. The van der Waals surface area contributed by atoms with Gasteiger partial charge in [0.05, 0.1) is 34.4 Å². The minimum Gasteiger partial charge on any atom is -0.477 e. The Morgan fingerprint density at radius 1 is 0.320 bits per heavy atom. The fourth-order valence-corrected chi connectivity index (χ4v) is 11.8. The maximum absolute atomic E-state index is 13.0. The lowest BCUT2D eigenvalue weighted by Crippen LogP contribution is -2.40. The number of rotatable bonds is 76. The van der Waals surface area contributed by atoms with Crippen LogP contribution in [0.4, 0.5) is 0 Å². The van der Waals surface area contributed by atoms with Crippen LogP contribution in [0.25, 0.3) is 0 Å². The van der Waals surface area contributed by atoms with Crippen molar-refractivity contribution in [3.05, 3.63) is 109 Å². The van der Waals surface area contributed by atoms with Crippen molar-refractivity contribution >= 4 is 17.9 Å². The second-order valence-electron chi connectivity index (χ2n) is 28.7. The first-order valence-electron chi connectivity index (χ1n) is 41.1. The Morgan fingerprint density at radius 3 is 0.876 bits per heavy atom. The van der Waals surface area contributed by atoms with Crippen LogP contribution in [0.2, 0.25) is 0 Å². The largest absolute Gasteiger partial charge is 0.477 e. The van der Waals surface area contributed by atoms with E-state index in [1.54, 1.807) is 0 Å². The van der Waals surface area contributed by atoms with Gasteiger partial charge in [0, 0.05) is 12.8 Å². The molecule has 1 N–H and O–H groups in total. The maximum Gasteiger partial charge on any atom is 0.361 e. The van der Waals surface area contributed by atoms with Crippen molar-refractivity contribution in [2.75, 3.05) is 47.5 Å². The van der Waals surface area contributed by atoms with E-state index >= 15 is 0 Å². The highest BCUT2D eigenvalue weighted by Crippen LogP contribution is 2.19. The molecule has 9 heteroatoms. The van der Waals surface area contributed by atoms with Crippen LogP contribution in [-0.2, 0) is 33.3 Å². The molecule has 2 atom stereocenters. The van der Waals surface area contributed by atoms with E-state index in [9.17, 15) is 19.5 Å². The fraction of sp³-hybridized carbons (Fsp3) is 0.761. The molecule has 560 valence electrons. The van der Waals surface area contributed by atoms with Gasteiger partial charge in [0.15, 0.2) is 6.10 Å². The van der Waals surface area contributed by atoms with Crippen molar-refractivity contribution in [1.82, 2.24) is 0 Å². The quantitative estimate of drug-likeness (QED) is 0.0211. The third-order valence-electron chi connectivity index (χ3n) is 18.0. The number of carbonyl (C=O) groups excluding carboxylic acids is 2. The predicted molar refractivity (Wildman–Crippen MR) is 419 cm³/mol. The first-order chi connectivity index (χ1) is 47.6. The average Bonchev–Trinajstić information content (AvgIpc) is 2.39. The van der Waals surface area contributed by atoms with Gasteiger partial charge in [-0.2, -0.15) is 0 Å². The van der Waals surface area contributed by atoms with E-state index in [1.165, 1.54) is 238 Å². The zero-order valence-electron chi connectivity index (χ0n) is 64.2. The van der Waals surface area contributed by atoms with Crippen LogP contribution in [-0.4, -0.2) is 87.4 Å². The van der Waals surface area contributed by atoms with Crippen LogP contribution >= 0.6 is 0 Å². The lowest BCUT2D eigenvalue weighted by molar-refractivity contribution is -0.870. The molecule has 0 saturated heterocycles. The number of ether oxygens (including phenoxy) is 4. The Bertz CT molecular complexity index is 1970. The minimum absolute atomic E-state index is 0.183. The Hall–Kier alpha value is -4.05. The summed E-state index contributed by atoms with van der Waals surface area (Å²) in [5.41, 5.74) is 0. The first kappa shape index (κ1) is 93.0. The number of hydrogen-bond acceptors (Lipinski definition) is 7. The fourth-order valence-electron chi connectivity index (χ4n) is 11.8. The van der Waals surface area contributed by atoms with Gasteiger partial charge in [-0.3, -0.25) is 9.59 Å². The molecule has 0 saturated carbocycles. The van der Waals surface area contributed by atoms with Crippen molar-refractivity contribution in [3.8, 4) is 0 Å². The highest BCUT2D eigenvalue weighted by atomic mass is 16.7. The number of likely N-dealkylation sites (N-methyl/N-ethyl adjacent to an activating group) is 1. The van der Waals surface area contributed by atoms with Gasteiger partial charge < -0.3 is 28.5 Å². The summed E-state index contributed by atoms with van der Waals surface area (Å²) in [6.45, 7) is 4.81. The summed E-state index contributed by atoms with van der Waals surface area (Å²) in [6.07, 6.45) is 107. The molecule has 0 aliphatic heterocycles. The van der Waals surface area contributed by atoms with Gasteiger partial charge in [-0.15, -0.1) is 0 Å². The van der Waals surface area contributed by atoms with Crippen molar-refractivity contribution < 1.29 is 42.9 Å². The molecular formula is C88H156NO8+. The molecule has 0 aliphatic carbocycles. The number of carboxylic acids is 1. The number of quaternary nitrogens is 1. The molecule has 0 heterocycles. The van der Waals surface area contributed by atoms with Crippen LogP contribution in [0.15, 0.2) is 109 Å². The highest BCUT2D eigenvalue weighted by molar-refractivity contribution is 5.71. The SMILES string of the molecule is CC/C=C\C/C=C\C/C=C\C/C=C\C/C=C\C/C=C\C/C=C\C/C=C\C/C=C\CCCCCCCCCCCCCC(=O)OC(COC(=O)CCCCCCCCCCCCCCCCCCCCCCCCCCCCCCCCCCC)COC(OCC[N+](C)(C)C)C(=O)O. The molecule has 97 heavy (non-hydrogen) atoms. The van der Waals surface area contributed by atoms with Crippen molar-refractivity contribution in [2.24, 2.45) is 0 Å². The summed E-state index contributed by atoms with van der Waals surface area (Å²) in [4.78, 5) is 37.8. The van der Waals surface area contributed by atoms with Crippen LogP contribution in [0.5, 0.6) is 0 Å². The molecule has 0 amide bonds. The zero-order valence-corrected chi connectivity index (χ0v) is 64.2. The Labute approximate surface area is 600 Å². The number of nitrogens with zero attached hydrogens (tertiary/aromatic N) is 1. The maximum atomic E-state index is 13.0. The van der Waals surface area contributed by atoms with E-state index in [1.807, 2.05) is 21.1 Å². The van der Waals surface area contributed by atoms with E-state index < -0.39 is 24.3 Å². The van der Waals surface area contributed by atoms with Gasteiger partial charge >= 0.3 is 17.9 Å². The Morgan fingerprint density at radius 2 is 0.588 bits per heavy atom. The standard InChI is InChI=1S/C88H155NO8/c1-6-8-10-12-14-16-18-20-22-24-26-28-30-32-34-36-38-40-41-42-43-44-45-47-49-51-53-55-57-59-61-63-65-67-69-71-73-75-77-79-86(91)97-84(83-96-88(87(92)93)94-81-80-89(3,4)5)82-95-85(90)78-76-74-72-70-68-66-64-62-60-58-56-54-52-50-48-46-39-37-35-33-31-29-27-25-23-21-19-17-15-13-11-9-7-2/h8,10,14,16,20,22,26,28,32,34,38,40,42-43,45,47,51,53,84,88H,6-7,9,11-13,15,17-19,21,23-25,27,29-31,33,35-37,39,41,44,46,48-50,52,54-83H2,1-5H3/p+1/b10-8-,16-14-,22-20-,28-26-,34-32-,40-38-,43-42-,47-45-,53-51-. The van der Waals surface area contributed by atoms with Crippen molar-refractivity contribution in [1.29, 1.82) is 0 Å². The molecule has 0 fully saturated rings. The molecule has 0 radical (unpaired) electrons. The molecule has 9 nitrogen and oxygen atoms in total. The summed E-state index contributed by atoms with van der Waals surface area (Å²) in [6, 6.07) is 0. The van der Waals surface area contributed by atoms with Crippen molar-refractivity contribution in [3.63, 3.8) is 0 Å². The Balaban J connectivity index is 4.04. The van der Waals surface area contributed by atoms with Gasteiger partial charge in [-0.25, -0.2) is 4.79 Å². The van der Waals surface area contributed by atoms with Crippen molar-refractivity contribution in [2.45, 2.75) is 386 Å². The second-order valence-corrected chi connectivity index (χ2v) is 28.7. The number of carboxylic acid groups (broad SMARTS) is 1. The molecule has 0 spiro atoms. The van der Waals surface area contributed by atoms with E-state index in [2.05, 4.69) is 123 Å². The number of aliphatic carboxylic acids is 1. The number of esters is 2. The smallest absolute Gasteiger partial charge is 0.361 e. The van der Waals surface area contributed by atoms with E-state index in [0.29, 0.717) is 23.9 Å². The summed E-state index contributed by atoms with van der Waals surface area (Å²) < 4.78 is 23.1. The van der Waals surface area contributed by atoms with E-state index in [-0.39, 0.29) is 32.2 Å². The monoisotopic (exact) mass is 1360 g/mol. The van der Waals surface area contributed by atoms with Crippen LogP contribution in [0.3, 0.4) is 0 Å². The molecule has 0 bridgehead atoms. The van der Waals surface area contributed by atoms with Gasteiger partial charge in [-0.1, -0.05) is 386 Å². The molecule has 2 unspecified atom stereocenters. The third kappa shape index (κ3) is 79.2. The molecule has 0 aromatic heterocycles. The van der Waals surface area contributed by atoms with E-state index in [4.69, 9.17) is 18.9 Å². The average molecular weight is 1360 g/mol. The van der Waals surface area contributed by atoms with Gasteiger partial charge in [-0.05, 0) is 83.5 Å². The van der Waals surface area contributed by atoms with Crippen LogP contribution in [0.1, 0.15) is 373 Å². The van der Waals surface area contributed by atoms with Crippen LogP contribution in [0, 0.1) is 0 Å². The summed E-state index contributed by atoms with van der Waals surface area (Å²) in [7, 11) is 5.99. The van der Waals surface area contributed by atoms with Crippen LogP contribution < -0.4 is 0 Å². The first-order valence-corrected chi connectivity index (χ1v) is 41.1. The lowest BCUT2D eigenvalue weighted by Gasteiger charge is -2.25. The normalized spacial score (nSPS) is 13.2.